The molecule has 0 radical (unpaired) electrons. The average Bonchev–Trinajstić information content (AvgIpc) is 2.45. The van der Waals surface area contributed by atoms with Gasteiger partial charge < -0.3 is 4.90 Å². The van der Waals surface area contributed by atoms with Gasteiger partial charge in [0.25, 0.3) is 0 Å². The number of unbranched alkanes of at least 4 members (excludes halogenated alkanes) is 1. The van der Waals surface area contributed by atoms with E-state index in [-0.39, 0.29) is 18.4 Å². The summed E-state index contributed by atoms with van der Waals surface area (Å²) >= 11 is 0. The molecule has 0 bridgehead atoms. The Morgan fingerprint density at radius 1 is 1.40 bits per heavy atom. The van der Waals surface area contributed by atoms with Crippen LogP contribution in [0.15, 0.2) is 0 Å². The molecule has 2 N–H and O–H groups in total. The van der Waals surface area contributed by atoms with Gasteiger partial charge in [-0.2, -0.15) is 0 Å². The Kier molecular flexibility index (Phi) is 7.50. The number of carbonyl (C=O) groups is 2. The summed E-state index contributed by atoms with van der Waals surface area (Å²) in [4.78, 5) is 24.9. The third kappa shape index (κ3) is 5.85. The second-order valence-corrected chi connectivity index (χ2v) is 5.33. The van der Waals surface area contributed by atoms with Gasteiger partial charge in [-0.1, -0.05) is 19.8 Å². The van der Waals surface area contributed by atoms with Crippen LogP contribution < -0.4 is 5.43 Å². The van der Waals surface area contributed by atoms with E-state index in [0.29, 0.717) is 17.9 Å². The number of rotatable bonds is 8. The molecule has 2 amide bonds. The van der Waals surface area contributed by atoms with Crippen LogP contribution in [0.1, 0.15) is 26.2 Å². The maximum atomic E-state index is 12.2. The first kappa shape index (κ1) is 16.9. The largest absolute Gasteiger partial charge is 0.304 e. The quantitative estimate of drug-likeness (QED) is 0.371. The fourth-order valence-corrected chi connectivity index (χ4v) is 2.19. The van der Waals surface area contributed by atoms with E-state index in [4.69, 9.17) is 0 Å². The number of hydrazine groups is 1. The number of hydrogen-bond donors (Lipinski definition) is 2. The number of nitrogens with one attached hydrogen (secondary N) is 1. The first-order valence-electron chi connectivity index (χ1n) is 7.21. The highest BCUT2D eigenvalue weighted by molar-refractivity contribution is 5.78. The minimum absolute atomic E-state index is 0.0447. The summed E-state index contributed by atoms with van der Waals surface area (Å²) in [6, 6.07) is 0. The van der Waals surface area contributed by atoms with E-state index in [1.807, 2.05) is 11.9 Å². The third-order valence-corrected chi connectivity index (χ3v) is 3.58. The molecule has 0 aromatic heterocycles. The highest BCUT2D eigenvalue weighted by Gasteiger charge is 2.23. The van der Waals surface area contributed by atoms with Crippen LogP contribution in [0.3, 0.4) is 0 Å². The van der Waals surface area contributed by atoms with E-state index in [1.54, 1.807) is 0 Å². The van der Waals surface area contributed by atoms with E-state index in [0.717, 1.165) is 39.0 Å². The highest BCUT2D eigenvalue weighted by atomic mass is 16.5. The molecule has 0 unspecified atom stereocenters. The predicted octanol–water partition coefficient (Wildman–Crippen LogP) is -0.0810. The Morgan fingerprint density at radius 2 is 2.05 bits per heavy atom. The predicted molar refractivity (Wildman–Crippen MR) is 74.8 cm³/mol. The molecule has 1 saturated heterocycles. The number of carbonyl (C=O) groups excluding carboxylic acids is 2. The number of likely N-dealkylation sites (N-methyl/N-ethyl adjacent to an activating group) is 1. The van der Waals surface area contributed by atoms with Crippen molar-refractivity contribution in [2.45, 2.75) is 26.2 Å². The van der Waals surface area contributed by atoms with Crippen LogP contribution in [0.25, 0.3) is 0 Å². The molecule has 116 valence electrons. The second kappa shape index (κ2) is 8.89. The maximum Gasteiger partial charge on any atom is 0.239 e. The Balaban J connectivity index is 2.46. The van der Waals surface area contributed by atoms with Gasteiger partial charge >= 0.3 is 0 Å². The first-order chi connectivity index (χ1) is 9.56. The van der Waals surface area contributed by atoms with Gasteiger partial charge in [0.15, 0.2) is 0 Å². The first-order valence-corrected chi connectivity index (χ1v) is 7.21. The Hall–Kier alpha value is -1.18. The van der Waals surface area contributed by atoms with Gasteiger partial charge in [-0.25, -0.2) is 10.1 Å². The Labute approximate surface area is 120 Å². The molecule has 20 heavy (non-hydrogen) atoms. The molecule has 0 aromatic rings. The van der Waals surface area contributed by atoms with Crippen LogP contribution in [0.2, 0.25) is 0 Å². The number of hydrogen-bond acceptors (Lipinski definition) is 5. The summed E-state index contributed by atoms with van der Waals surface area (Å²) in [7, 11) is 2.05. The smallest absolute Gasteiger partial charge is 0.239 e. The lowest BCUT2D eigenvalue weighted by Crippen LogP contribution is -2.54. The topological polar surface area (TPSA) is 76.1 Å². The van der Waals surface area contributed by atoms with E-state index in [2.05, 4.69) is 17.4 Å². The zero-order valence-electron chi connectivity index (χ0n) is 12.4. The number of nitrogens with zero attached hydrogens (tertiary/aromatic N) is 3. The van der Waals surface area contributed by atoms with Crippen molar-refractivity contribution in [2.24, 2.45) is 5.92 Å². The van der Waals surface area contributed by atoms with Gasteiger partial charge in [0, 0.05) is 26.2 Å². The molecule has 0 aliphatic carbocycles. The van der Waals surface area contributed by atoms with Gasteiger partial charge in [0.1, 0.15) is 0 Å². The van der Waals surface area contributed by atoms with E-state index in [9.17, 15) is 14.8 Å². The van der Waals surface area contributed by atoms with Crippen molar-refractivity contribution in [2.75, 3.05) is 39.8 Å². The monoisotopic (exact) mass is 286 g/mol. The molecule has 1 rings (SSSR count). The van der Waals surface area contributed by atoms with Crippen LogP contribution in [0, 0.1) is 5.92 Å². The Morgan fingerprint density at radius 3 is 2.60 bits per heavy atom. The van der Waals surface area contributed by atoms with Crippen molar-refractivity contribution in [1.29, 1.82) is 0 Å². The molecule has 7 nitrogen and oxygen atoms in total. The van der Waals surface area contributed by atoms with Gasteiger partial charge in [-0.3, -0.25) is 20.2 Å². The summed E-state index contributed by atoms with van der Waals surface area (Å²) in [5.74, 6) is -0.492. The molecule has 7 heteroatoms. The van der Waals surface area contributed by atoms with Crippen LogP contribution in [-0.2, 0) is 9.59 Å². The van der Waals surface area contributed by atoms with Gasteiger partial charge in [-0.05, 0) is 13.5 Å². The van der Waals surface area contributed by atoms with Crippen molar-refractivity contribution >= 4 is 12.3 Å². The zero-order chi connectivity index (χ0) is 15.0. The lowest BCUT2D eigenvalue weighted by atomic mass is 10.0. The number of amides is 2. The maximum absolute atomic E-state index is 12.2. The molecule has 1 heterocycles. The van der Waals surface area contributed by atoms with Gasteiger partial charge in [0.05, 0.1) is 12.5 Å². The van der Waals surface area contributed by atoms with Crippen molar-refractivity contribution in [1.82, 2.24) is 20.4 Å². The summed E-state index contributed by atoms with van der Waals surface area (Å²) in [6.45, 7) is 5.51. The minimum atomic E-state index is -0.371. The molecular formula is C13H26N4O3. The van der Waals surface area contributed by atoms with Crippen LogP contribution in [0.5, 0.6) is 0 Å². The normalized spacial score (nSPS) is 18.6. The molecular weight excluding hydrogens is 260 g/mol. The van der Waals surface area contributed by atoms with Crippen molar-refractivity contribution in [3.63, 3.8) is 0 Å². The number of hydroxylamine groups is 2. The lowest BCUT2D eigenvalue weighted by molar-refractivity contribution is -0.155. The summed E-state index contributed by atoms with van der Waals surface area (Å²) in [5.41, 5.74) is 2.89. The van der Waals surface area contributed by atoms with Crippen molar-refractivity contribution < 1.29 is 14.8 Å². The Bertz CT molecular complexity index is 306. The van der Waals surface area contributed by atoms with E-state index < -0.39 is 0 Å². The van der Waals surface area contributed by atoms with Gasteiger partial charge in [0.2, 0.25) is 12.3 Å². The summed E-state index contributed by atoms with van der Waals surface area (Å²) < 4.78 is 0. The second-order valence-electron chi connectivity index (χ2n) is 5.33. The SMILES string of the molecule is CCCC[C@H](CN(O)C=O)C(=O)NN1CCN(C)CC1. The van der Waals surface area contributed by atoms with Crippen LogP contribution >= 0.6 is 0 Å². The molecule has 0 saturated carbocycles. The molecule has 1 atom stereocenters. The average molecular weight is 286 g/mol. The molecule has 1 aliphatic heterocycles. The summed E-state index contributed by atoms with van der Waals surface area (Å²) in [6.07, 6.45) is 2.88. The van der Waals surface area contributed by atoms with E-state index in [1.165, 1.54) is 0 Å². The van der Waals surface area contributed by atoms with Crippen LogP contribution in [-0.4, -0.2) is 72.3 Å². The van der Waals surface area contributed by atoms with Crippen molar-refractivity contribution in [3.8, 4) is 0 Å². The molecule has 1 fully saturated rings. The standard InChI is InChI=1S/C13H26N4O3/c1-3-4-5-12(10-17(20)11-18)13(19)14-16-8-6-15(2)7-9-16/h11-12,20H,3-10H2,1-2H3,(H,14,19)/t12-/m1/s1. The summed E-state index contributed by atoms with van der Waals surface area (Å²) in [5, 5.41) is 11.7. The highest BCUT2D eigenvalue weighted by Crippen LogP contribution is 2.10. The minimum Gasteiger partial charge on any atom is -0.304 e. The van der Waals surface area contributed by atoms with Gasteiger partial charge in [-0.15, -0.1) is 0 Å². The zero-order valence-corrected chi connectivity index (χ0v) is 12.4. The number of piperazine rings is 1. The fourth-order valence-electron chi connectivity index (χ4n) is 2.19. The molecule has 0 spiro atoms. The molecule has 0 aromatic carbocycles. The fraction of sp³-hybridized carbons (Fsp3) is 0.846. The van der Waals surface area contributed by atoms with E-state index >= 15 is 0 Å². The van der Waals surface area contributed by atoms with Crippen molar-refractivity contribution in [3.05, 3.63) is 0 Å². The third-order valence-electron chi connectivity index (χ3n) is 3.58. The lowest BCUT2D eigenvalue weighted by Gasteiger charge is -2.33. The molecule has 1 aliphatic rings. The van der Waals surface area contributed by atoms with Crippen LogP contribution in [0.4, 0.5) is 0 Å².